The highest BCUT2D eigenvalue weighted by Gasteiger charge is 2.17. The number of benzene rings is 2. The van der Waals surface area contributed by atoms with Crippen molar-refractivity contribution >= 4 is 17.5 Å². The van der Waals surface area contributed by atoms with Gasteiger partial charge in [-0.05, 0) is 24.3 Å². The first-order valence-corrected chi connectivity index (χ1v) is 7.52. The third-order valence-corrected chi connectivity index (χ3v) is 4.23. The number of hydrogen-bond donors (Lipinski definition) is 0. The summed E-state index contributed by atoms with van der Waals surface area (Å²) in [5.74, 6) is 0.821. The molecule has 0 bridgehead atoms. The first-order valence-electron chi connectivity index (χ1n) is 6.64. The van der Waals surface area contributed by atoms with Gasteiger partial charge in [0.25, 0.3) is 0 Å². The highest BCUT2D eigenvalue weighted by Crippen LogP contribution is 2.33. The van der Waals surface area contributed by atoms with Gasteiger partial charge in [0.2, 0.25) is 0 Å². The number of ether oxygens (including phenoxy) is 1. The fraction of sp³-hybridized carbons (Fsp3) is 0.0556. The zero-order valence-electron chi connectivity index (χ0n) is 11.7. The number of rotatable bonds is 3. The van der Waals surface area contributed by atoms with E-state index in [0.717, 1.165) is 28.3 Å². The van der Waals surface area contributed by atoms with Crippen molar-refractivity contribution in [2.75, 3.05) is 7.11 Å². The summed E-state index contributed by atoms with van der Waals surface area (Å²) in [6.07, 6.45) is 1.77. The summed E-state index contributed by atoms with van der Waals surface area (Å²) in [5, 5.41) is 2.02. The number of thioether (sulfide) groups is 1. The molecule has 2 aromatic carbocycles. The first kappa shape index (κ1) is 13.7. The highest BCUT2D eigenvalue weighted by molar-refractivity contribution is 8.02. The Kier molecular flexibility index (Phi) is 3.93. The maximum atomic E-state index is 5.49. The Balaban J connectivity index is 2.25. The number of para-hydroxylation sites is 1. The van der Waals surface area contributed by atoms with Crippen LogP contribution in [0.5, 0.6) is 5.75 Å². The Bertz CT molecular complexity index is 746. The van der Waals surface area contributed by atoms with E-state index in [-0.39, 0.29) is 0 Å². The summed E-state index contributed by atoms with van der Waals surface area (Å²) in [7, 11) is 1.68. The lowest BCUT2D eigenvalue weighted by Crippen LogP contribution is -2.06. The molecule has 0 aliphatic carbocycles. The highest BCUT2D eigenvalue weighted by atomic mass is 32.2. The zero-order chi connectivity index (χ0) is 14.7. The molecule has 0 saturated heterocycles. The molecule has 2 aromatic rings. The van der Waals surface area contributed by atoms with E-state index in [1.165, 1.54) is 4.90 Å². The van der Waals surface area contributed by atoms with Crippen LogP contribution in [0.1, 0.15) is 11.1 Å². The van der Waals surface area contributed by atoms with Gasteiger partial charge in [0.1, 0.15) is 5.75 Å². The largest absolute Gasteiger partial charge is 0.496 e. The topological polar surface area (TPSA) is 21.6 Å². The molecule has 3 rings (SSSR count). The minimum absolute atomic E-state index is 0.821. The number of aliphatic imine (C=N–C) groups is 1. The van der Waals surface area contributed by atoms with E-state index in [2.05, 4.69) is 18.7 Å². The second kappa shape index (κ2) is 6.02. The Morgan fingerprint density at radius 1 is 1.05 bits per heavy atom. The van der Waals surface area contributed by atoms with Crippen LogP contribution in [0.15, 0.2) is 82.2 Å². The molecule has 1 aliphatic rings. The molecular formula is C18H15NOS. The van der Waals surface area contributed by atoms with Crippen LogP contribution in [0.25, 0.3) is 0 Å². The molecule has 0 atom stereocenters. The predicted molar refractivity (Wildman–Crippen MR) is 89.2 cm³/mol. The van der Waals surface area contributed by atoms with Gasteiger partial charge in [-0.3, -0.25) is 0 Å². The minimum atomic E-state index is 0.821. The van der Waals surface area contributed by atoms with Crippen LogP contribution in [0.3, 0.4) is 0 Å². The van der Waals surface area contributed by atoms with Gasteiger partial charge in [0, 0.05) is 21.4 Å². The minimum Gasteiger partial charge on any atom is -0.496 e. The lowest BCUT2D eigenvalue weighted by molar-refractivity contribution is 0.414. The maximum absolute atomic E-state index is 5.49. The van der Waals surface area contributed by atoms with Gasteiger partial charge < -0.3 is 4.74 Å². The maximum Gasteiger partial charge on any atom is 0.128 e. The first-order chi connectivity index (χ1) is 10.3. The molecule has 0 N–H and O–H groups in total. The van der Waals surface area contributed by atoms with Crippen LogP contribution in [0.4, 0.5) is 0 Å². The number of hydrogen-bond acceptors (Lipinski definition) is 3. The summed E-state index contributed by atoms with van der Waals surface area (Å²) in [6.45, 7) is 3.84. The van der Waals surface area contributed by atoms with Gasteiger partial charge in [-0.25, -0.2) is 4.99 Å². The lowest BCUT2D eigenvalue weighted by atomic mass is 10.0. The molecule has 3 heteroatoms. The summed E-state index contributed by atoms with van der Waals surface area (Å²) in [4.78, 5) is 5.95. The smallest absolute Gasteiger partial charge is 0.128 e. The standard InChI is InChI=1S/C18H15NOS/c1-3-13-12-21-17-11-7-5-9-15(17)18(19-13)14-8-4-6-10-16(14)20-2/h3-12H,1H2,2H3. The van der Waals surface area contributed by atoms with Crippen molar-refractivity contribution in [2.24, 2.45) is 4.99 Å². The summed E-state index contributed by atoms with van der Waals surface area (Å²) < 4.78 is 5.49. The fourth-order valence-electron chi connectivity index (χ4n) is 2.24. The van der Waals surface area contributed by atoms with Crippen molar-refractivity contribution in [2.45, 2.75) is 4.90 Å². The molecule has 0 unspecified atom stereocenters. The normalized spacial score (nSPS) is 13.6. The molecule has 0 spiro atoms. The van der Waals surface area contributed by atoms with Crippen molar-refractivity contribution in [3.8, 4) is 5.75 Å². The third kappa shape index (κ3) is 2.65. The molecule has 21 heavy (non-hydrogen) atoms. The molecule has 2 nitrogen and oxygen atoms in total. The second-order valence-corrected chi connectivity index (χ2v) is 5.43. The quantitative estimate of drug-likeness (QED) is 0.820. The number of allylic oxidation sites excluding steroid dienone is 1. The van der Waals surface area contributed by atoms with Gasteiger partial charge in [-0.2, -0.15) is 0 Å². The van der Waals surface area contributed by atoms with Gasteiger partial charge in [-0.1, -0.05) is 48.7 Å². The van der Waals surface area contributed by atoms with Crippen molar-refractivity contribution in [3.63, 3.8) is 0 Å². The number of methoxy groups -OCH3 is 1. The SMILES string of the molecule is C=CC1=CSc2ccccc2C(c2ccccc2OC)=N1. The molecule has 1 aliphatic heterocycles. The predicted octanol–water partition coefficient (Wildman–Crippen LogP) is 4.67. The monoisotopic (exact) mass is 293 g/mol. The number of nitrogens with zero attached hydrogens (tertiary/aromatic N) is 1. The van der Waals surface area contributed by atoms with Crippen molar-refractivity contribution in [1.29, 1.82) is 0 Å². The summed E-state index contributed by atoms with van der Waals surface area (Å²) in [6, 6.07) is 16.2. The van der Waals surface area contributed by atoms with Crippen molar-refractivity contribution < 1.29 is 4.74 Å². The molecule has 0 fully saturated rings. The summed E-state index contributed by atoms with van der Waals surface area (Å²) >= 11 is 1.67. The Labute approximate surface area is 128 Å². The molecule has 0 amide bonds. The molecule has 0 radical (unpaired) electrons. The molecular weight excluding hydrogens is 278 g/mol. The molecule has 0 aromatic heterocycles. The van der Waals surface area contributed by atoms with E-state index >= 15 is 0 Å². The molecule has 0 saturated carbocycles. The summed E-state index contributed by atoms with van der Waals surface area (Å²) in [5.41, 5.74) is 3.87. The van der Waals surface area contributed by atoms with Crippen molar-refractivity contribution in [3.05, 3.63) is 83.4 Å². The number of fused-ring (bicyclic) bond motifs is 1. The van der Waals surface area contributed by atoms with Crippen molar-refractivity contribution in [1.82, 2.24) is 0 Å². The van der Waals surface area contributed by atoms with Crippen LogP contribution >= 0.6 is 11.8 Å². The van der Waals surface area contributed by atoms with Gasteiger partial charge in [0.15, 0.2) is 0 Å². The Morgan fingerprint density at radius 2 is 1.76 bits per heavy atom. The van der Waals surface area contributed by atoms with E-state index in [4.69, 9.17) is 9.73 Å². The average Bonchev–Trinajstić information content (AvgIpc) is 2.74. The van der Waals surface area contributed by atoms with Gasteiger partial charge in [-0.15, -0.1) is 0 Å². The van der Waals surface area contributed by atoms with E-state index in [1.807, 2.05) is 41.8 Å². The van der Waals surface area contributed by atoms with E-state index in [0.29, 0.717) is 0 Å². The van der Waals surface area contributed by atoms with Crippen LogP contribution in [-0.4, -0.2) is 12.8 Å². The van der Waals surface area contributed by atoms with Crippen LogP contribution < -0.4 is 4.74 Å². The van der Waals surface area contributed by atoms with Gasteiger partial charge in [0.05, 0.1) is 18.5 Å². The van der Waals surface area contributed by atoms with Crippen LogP contribution in [0.2, 0.25) is 0 Å². The Morgan fingerprint density at radius 3 is 2.52 bits per heavy atom. The third-order valence-electron chi connectivity index (χ3n) is 3.26. The lowest BCUT2D eigenvalue weighted by Gasteiger charge is -2.12. The second-order valence-electron chi connectivity index (χ2n) is 4.52. The van der Waals surface area contributed by atoms with Crippen LogP contribution in [0, 0.1) is 0 Å². The fourth-order valence-corrected chi connectivity index (χ4v) is 3.09. The Hall–Kier alpha value is -2.26. The molecule has 1 heterocycles. The average molecular weight is 293 g/mol. The van der Waals surface area contributed by atoms with Gasteiger partial charge >= 0.3 is 0 Å². The van der Waals surface area contributed by atoms with Crippen LogP contribution in [-0.2, 0) is 0 Å². The molecule has 104 valence electrons. The van der Waals surface area contributed by atoms with E-state index in [1.54, 1.807) is 24.9 Å². The van der Waals surface area contributed by atoms with E-state index < -0.39 is 0 Å². The zero-order valence-corrected chi connectivity index (χ0v) is 12.6. The van der Waals surface area contributed by atoms with E-state index in [9.17, 15) is 0 Å².